The molecule has 0 fully saturated rings. The molecule has 1 aromatic rings. The van der Waals surface area contributed by atoms with Crippen molar-refractivity contribution >= 4 is 5.97 Å². The van der Waals surface area contributed by atoms with Gasteiger partial charge in [-0.25, -0.2) is 0 Å². The standard InChI is InChI=1S/C14H21NO2/c1-12(14(16)17)11-15-10-6-5-9-13-7-3-2-4-8-13/h2-4,7-8,12,15H,5-6,9-11H2,1H3,(H,16,17). The minimum absolute atomic E-state index is 0.302. The number of carboxylic acids is 1. The zero-order valence-electron chi connectivity index (χ0n) is 10.4. The minimum atomic E-state index is -0.734. The molecule has 1 rings (SSSR count). The molecule has 0 aliphatic heterocycles. The van der Waals surface area contributed by atoms with Crippen LogP contribution in [0.5, 0.6) is 0 Å². The number of unbranched alkanes of at least 4 members (excludes halogenated alkanes) is 1. The molecule has 3 heteroatoms. The molecule has 1 unspecified atom stereocenters. The quantitative estimate of drug-likeness (QED) is 0.680. The summed E-state index contributed by atoms with van der Waals surface area (Å²) in [6.45, 7) is 3.17. The van der Waals surface area contributed by atoms with Gasteiger partial charge < -0.3 is 10.4 Å². The second-order valence-electron chi connectivity index (χ2n) is 4.39. The van der Waals surface area contributed by atoms with Gasteiger partial charge in [-0.2, -0.15) is 0 Å². The predicted molar refractivity (Wildman–Crippen MR) is 69.0 cm³/mol. The summed E-state index contributed by atoms with van der Waals surface area (Å²) in [4.78, 5) is 10.6. The van der Waals surface area contributed by atoms with E-state index >= 15 is 0 Å². The van der Waals surface area contributed by atoms with Crippen molar-refractivity contribution in [1.82, 2.24) is 5.32 Å². The second kappa shape index (κ2) is 7.85. The van der Waals surface area contributed by atoms with Gasteiger partial charge in [-0.1, -0.05) is 37.3 Å². The Balaban J connectivity index is 2.00. The normalized spacial score (nSPS) is 12.3. The first-order chi connectivity index (χ1) is 8.20. The van der Waals surface area contributed by atoms with Gasteiger partial charge in [0.1, 0.15) is 0 Å². The molecular formula is C14H21NO2. The van der Waals surface area contributed by atoms with Crippen molar-refractivity contribution in [2.24, 2.45) is 5.92 Å². The van der Waals surface area contributed by atoms with Crippen molar-refractivity contribution in [2.75, 3.05) is 13.1 Å². The molecule has 0 saturated carbocycles. The molecule has 0 amide bonds. The van der Waals surface area contributed by atoms with Gasteiger partial charge in [0.15, 0.2) is 0 Å². The lowest BCUT2D eigenvalue weighted by molar-refractivity contribution is -0.140. The van der Waals surface area contributed by atoms with E-state index in [2.05, 4.69) is 29.6 Å². The summed E-state index contributed by atoms with van der Waals surface area (Å²) < 4.78 is 0. The van der Waals surface area contributed by atoms with E-state index < -0.39 is 5.97 Å². The van der Waals surface area contributed by atoms with Gasteiger partial charge in [-0.05, 0) is 31.4 Å². The number of hydrogen-bond donors (Lipinski definition) is 2. The molecule has 0 radical (unpaired) electrons. The van der Waals surface area contributed by atoms with Crippen LogP contribution < -0.4 is 5.32 Å². The number of carboxylic acid groups (broad SMARTS) is 1. The number of nitrogens with one attached hydrogen (secondary N) is 1. The topological polar surface area (TPSA) is 49.3 Å². The van der Waals surface area contributed by atoms with Gasteiger partial charge >= 0.3 is 5.97 Å². The molecule has 0 heterocycles. The van der Waals surface area contributed by atoms with E-state index in [4.69, 9.17) is 5.11 Å². The number of carbonyl (C=O) groups is 1. The van der Waals surface area contributed by atoms with E-state index in [0.29, 0.717) is 6.54 Å². The number of benzene rings is 1. The maximum Gasteiger partial charge on any atom is 0.307 e. The Kier molecular flexibility index (Phi) is 6.33. The highest BCUT2D eigenvalue weighted by atomic mass is 16.4. The second-order valence-corrected chi connectivity index (χ2v) is 4.39. The Morgan fingerprint density at radius 2 is 2.00 bits per heavy atom. The molecule has 17 heavy (non-hydrogen) atoms. The fourth-order valence-electron chi connectivity index (χ4n) is 1.63. The summed E-state index contributed by atoms with van der Waals surface area (Å²) in [7, 11) is 0. The van der Waals surface area contributed by atoms with Crippen LogP contribution in [-0.4, -0.2) is 24.2 Å². The van der Waals surface area contributed by atoms with E-state index in [9.17, 15) is 4.79 Å². The van der Waals surface area contributed by atoms with E-state index in [-0.39, 0.29) is 5.92 Å². The molecule has 94 valence electrons. The van der Waals surface area contributed by atoms with Gasteiger partial charge in [-0.3, -0.25) is 4.79 Å². The summed E-state index contributed by atoms with van der Waals surface area (Å²) in [5.41, 5.74) is 1.37. The van der Waals surface area contributed by atoms with Crippen molar-refractivity contribution < 1.29 is 9.90 Å². The Morgan fingerprint density at radius 1 is 1.29 bits per heavy atom. The van der Waals surface area contributed by atoms with Crippen LogP contribution in [0.25, 0.3) is 0 Å². The lowest BCUT2D eigenvalue weighted by atomic mass is 10.1. The van der Waals surface area contributed by atoms with Crippen LogP contribution in [0.4, 0.5) is 0 Å². The third-order valence-corrected chi connectivity index (χ3v) is 2.78. The maximum atomic E-state index is 10.6. The molecule has 0 spiro atoms. The van der Waals surface area contributed by atoms with Gasteiger partial charge in [0, 0.05) is 6.54 Å². The van der Waals surface area contributed by atoms with Crippen LogP contribution in [0.2, 0.25) is 0 Å². The number of hydrogen-bond acceptors (Lipinski definition) is 2. The van der Waals surface area contributed by atoms with Crippen molar-refractivity contribution in [3.05, 3.63) is 35.9 Å². The Bertz CT molecular complexity index is 324. The lowest BCUT2D eigenvalue weighted by Crippen LogP contribution is -2.27. The van der Waals surface area contributed by atoms with Crippen molar-refractivity contribution in [3.63, 3.8) is 0 Å². The van der Waals surface area contributed by atoms with Gasteiger partial charge in [0.2, 0.25) is 0 Å². The summed E-state index contributed by atoms with van der Waals surface area (Å²) in [6, 6.07) is 10.4. The fourth-order valence-corrected chi connectivity index (χ4v) is 1.63. The summed E-state index contributed by atoms with van der Waals surface area (Å²) >= 11 is 0. The minimum Gasteiger partial charge on any atom is -0.481 e. The van der Waals surface area contributed by atoms with Crippen molar-refractivity contribution in [2.45, 2.75) is 26.2 Å². The van der Waals surface area contributed by atoms with E-state index in [0.717, 1.165) is 25.8 Å². The Morgan fingerprint density at radius 3 is 2.65 bits per heavy atom. The zero-order chi connectivity index (χ0) is 12.5. The van der Waals surface area contributed by atoms with Gasteiger partial charge in [0.05, 0.1) is 5.92 Å². The highest BCUT2D eigenvalue weighted by molar-refractivity contribution is 5.69. The molecular weight excluding hydrogens is 214 g/mol. The first-order valence-electron chi connectivity index (χ1n) is 6.17. The lowest BCUT2D eigenvalue weighted by Gasteiger charge is -2.07. The Labute approximate surface area is 103 Å². The smallest absolute Gasteiger partial charge is 0.307 e. The van der Waals surface area contributed by atoms with Crippen LogP contribution in [0.1, 0.15) is 25.3 Å². The van der Waals surface area contributed by atoms with Crippen LogP contribution in [-0.2, 0) is 11.2 Å². The predicted octanol–water partition coefficient (Wildman–Crippen LogP) is 2.32. The molecule has 2 N–H and O–H groups in total. The number of rotatable bonds is 8. The highest BCUT2D eigenvalue weighted by Crippen LogP contribution is 2.03. The first kappa shape index (κ1) is 13.7. The van der Waals surface area contributed by atoms with Crippen LogP contribution in [0, 0.1) is 5.92 Å². The first-order valence-corrected chi connectivity index (χ1v) is 6.17. The molecule has 0 aromatic heterocycles. The average Bonchev–Trinajstić information content (AvgIpc) is 2.34. The molecule has 0 bridgehead atoms. The zero-order valence-corrected chi connectivity index (χ0v) is 10.4. The van der Waals surface area contributed by atoms with E-state index in [1.54, 1.807) is 6.92 Å². The molecule has 0 saturated heterocycles. The average molecular weight is 235 g/mol. The van der Waals surface area contributed by atoms with Gasteiger partial charge in [-0.15, -0.1) is 0 Å². The molecule has 1 aromatic carbocycles. The molecule has 3 nitrogen and oxygen atoms in total. The molecule has 1 atom stereocenters. The Hall–Kier alpha value is -1.35. The third kappa shape index (κ3) is 6.07. The summed E-state index contributed by atoms with van der Waals surface area (Å²) in [5.74, 6) is -1.04. The fraction of sp³-hybridized carbons (Fsp3) is 0.500. The summed E-state index contributed by atoms with van der Waals surface area (Å²) in [5, 5.41) is 11.9. The molecule has 0 aliphatic rings. The number of aliphatic carboxylic acids is 1. The largest absolute Gasteiger partial charge is 0.481 e. The van der Waals surface area contributed by atoms with Crippen molar-refractivity contribution in [1.29, 1.82) is 0 Å². The maximum absolute atomic E-state index is 10.6. The van der Waals surface area contributed by atoms with Crippen molar-refractivity contribution in [3.8, 4) is 0 Å². The number of aryl methyl sites for hydroxylation is 1. The van der Waals surface area contributed by atoms with E-state index in [1.807, 2.05) is 6.07 Å². The molecule has 0 aliphatic carbocycles. The van der Waals surface area contributed by atoms with E-state index in [1.165, 1.54) is 5.56 Å². The van der Waals surface area contributed by atoms with Gasteiger partial charge in [0.25, 0.3) is 0 Å². The monoisotopic (exact) mass is 235 g/mol. The SMILES string of the molecule is CC(CNCCCCc1ccccc1)C(=O)O. The van der Waals surface area contributed by atoms with Crippen LogP contribution in [0.15, 0.2) is 30.3 Å². The summed E-state index contributed by atoms with van der Waals surface area (Å²) in [6.07, 6.45) is 3.32. The highest BCUT2D eigenvalue weighted by Gasteiger charge is 2.08. The third-order valence-electron chi connectivity index (χ3n) is 2.78. The van der Waals surface area contributed by atoms with Crippen LogP contribution in [0.3, 0.4) is 0 Å². The van der Waals surface area contributed by atoms with Crippen LogP contribution >= 0.6 is 0 Å².